The van der Waals surface area contributed by atoms with E-state index in [1.165, 1.54) is 7.11 Å². The first kappa shape index (κ1) is 30.7. The third kappa shape index (κ3) is 5.88. The number of nitrogen functional groups attached to an aromatic ring is 1. The van der Waals surface area contributed by atoms with Crippen molar-refractivity contribution >= 4 is 59.7 Å². The first-order chi connectivity index (χ1) is 20.3. The summed E-state index contributed by atoms with van der Waals surface area (Å²) in [6.45, 7) is -0.248. The molecule has 0 spiro atoms. The number of rotatable bonds is 13. The molecule has 1 saturated heterocycles. The summed E-state index contributed by atoms with van der Waals surface area (Å²) in [6.07, 6.45) is -6.58. The van der Waals surface area contributed by atoms with E-state index in [2.05, 4.69) is 57.6 Å². The second-order valence-electron chi connectivity index (χ2n) is 8.78. The van der Waals surface area contributed by atoms with Gasteiger partial charge in [-0.2, -0.15) is 9.67 Å². The Kier molecular flexibility index (Phi) is 9.70. The number of ether oxygens (including phenoxy) is 2. The average Bonchev–Trinajstić information content (AvgIpc) is 3.66. The lowest BCUT2D eigenvalue weighted by atomic mass is 10.0. The molecule has 5 rings (SSSR count). The van der Waals surface area contributed by atoms with Gasteiger partial charge in [-0.15, -0.1) is 5.10 Å². The molecule has 1 fully saturated rings. The fraction of sp³-hybridized carbons (Fsp3) is 0.526. The fourth-order valence-corrected chi connectivity index (χ4v) is 5.41. The van der Waals surface area contributed by atoms with Crippen molar-refractivity contribution in [3.8, 4) is 0 Å². The number of nitrogens with zero attached hydrogens (tertiary/aromatic N) is 7. The Morgan fingerprint density at radius 3 is 2.81 bits per heavy atom. The number of imidazole rings is 1. The van der Waals surface area contributed by atoms with Crippen LogP contribution in [0, 0.1) is 5.92 Å². The van der Waals surface area contributed by atoms with Crippen molar-refractivity contribution in [3.05, 3.63) is 33.4 Å². The molecule has 18 nitrogen and oxygen atoms in total. The van der Waals surface area contributed by atoms with Crippen molar-refractivity contribution in [2.24, 2.45) is 5.92 Å². The minimum atomic E-state index is -2.04. The molecule has 0 saturated carbocycles. The number of hydrogen-bond acceptors (Lipinski definition) is 15. The van der Waals surface area contributed by atoms with Crippen molar-refractivity contribution in [2.75, 3.05) is 26.1 Å². The van der Waals surface area contributed by atoms with Gasteiger partial charge in [-0.25, -0.2) is 18.7 Å². The van der Waals surface area contributed by atoms with Gasteiger partial charge in [0.1, 0.15) is 0 Å². The molecule has 1 aliphatic heterocycles. The summed E-state index contributed by atoms with van der Waals surface area (Å²) in [5.41, 5.74) is 4.23. The number of hydrogen-bond donors (Lipinski definition) is 4. The Hall–Kier alpha value is -2.74. The Morgan fingerprint density at radius 1 is 1.26 bits per heavy atom. The maximum Gasteiger partial charge on any atom is 0.280 e. The van der Waals surface area contributed by atoms with Crippen molar-refractivity contribution in [3.63, 3.8) is 0 Å². The monoisotopic (exact) mass is 652 g/mol. The van der Waals surface area contributed by atoms with E-state index in [4.69, 9.17) is 33.0 Å². The van der Waals surface area contributed by atoms with Gasteiger partial charge in [0.15, 0.2) is 62.5 Å². The molecule has 228 valence electrons. The van der Waals surface area contributed by atoms with Gasteiger partial charge in [0.2, 0.25) is 5.95 Å². The van der Waals surface area contributed by atoms with Crippen molar-refractivity contribution in [1.82, 2.24) is 44.5 Å². The maximum atomic E-state index is 15.6. The molecule has 23 heteroatoms. The number of thiol groups is 1. The highest BCUT2D eigenvalue weighted by Crippen LogP contribution is 2.39. The summed E-state index contributed by atoms with van der Waals surface area (Å²) < 4.78 is 65.3. The van der Waals surface area contributed by atoms with Crippen LogP contribution in [0.4, 0.5) is 14.7 Å². The Balaban J connectivity index is 1.23. The van der Waals surface area contributed by atoms with Crippen LogP contribution in [0.1, 0.15) is 12.5 Å². The largest absolute Gasteiger partial charge is 0.369 e. The van der Waals surface area contributed by atoms with Crippen LogP contribution in [0.15, 0.2) is 22.2 Å². The molecule has 0 aromatic carbocycles. The topological polar surface area (TPSA) is 221 Å². The van der Waals surface area contributed by atoms with E-state index in [0.29, 0.717) is 0 Å². The van der Waals surface area contributed by atoms with Gasteiger partial charge in [-0.1, -0.05) is 5.21 Å². The van der Waals surface area contributed by atoms with Gasteiger partial charge in [-0.05, 0) is 12.9 Å². The van der Waals surface area contributed by atoms with E-state index in [1.54, 1.807) is 0 Å². The van der Waals surface area contributed by atoms with Crippen LogP contribution >= 0.6 is 31.4 Å². The molecular formula is C19H24F2N10O8P2S. The van der Waals surface area contributed by atoms with Gasteiger partial charge in [0, 0.05) is 22.5 Å². The lowest BCUT2D eigenvalue weighted by Crippen LogP contribution is -2.34. The number of nitrogens with two attached hydrogens (primary N) is 1. The highest BCUT2D eigenvalue weighted by atomic mass is 32.1. The highest BCUT2D eigenvalue weighted by molar-refractivity contribution is 7.75. The summed E-state index contributed by atoms with van der Waals surface area (Å²) in [7, 11) is 2.42. The normalized spacial score (nSPS) is 23.4. The third-order valence-corrected chi connectivity index (χ3v) is 7.36. The molecule has 3 unspecified atom stereocenters. The Morgan fingerprint density at radius 2 is 2.07 bits per heavy atom. The first-order valence-corrected chi connectivity index (χ1v) is 13.6. The van der Waals surface area contributed by atoms with Crippen molar-refractivity contribution in [2.45, 2.75) is 37.2 Å². The molecule has 4 N–H and O–H groups in total. The number of H-pyrrole nitrogens is 2. The van der Waals surface area contributed by atoms with Gasteiger partial charge in [-0.3, -0.25) is 23.3 Å². The maximum absolute atomic E-state index is 15.6. The zero-order chi connectivity index (χ0) is 30.0. The van der Waals surface area contributed by atoms with Crippen LogP contribution in [0.3, 0.4) is 0 Å². The third-order valence-electron chi connectivity index (χ3n) is 6.34. The van der Waals surface area contributed by atoms with Crippen LogP contribution in [0.2, 0.25) is 0 Å². The standard InChI is InChI=1S/C19H24F2N10O8P2S/c1-34-18(9(21)16(39-42)30-5-25-10-13(30)26-19(22)27-15(10)33)38-41-36-2-6-7(3-35-40)37-17(8(6)20)31-12-11(28-29-31)14(32)24-4-23-12/h4-9,16-18,41-42H,2-3,40H2,1H3,(H,23,24,32)(H3,22,26,27,33)/t6-,7-,8+,9-,16-,17-,18?/m1/s1. The lowest BCUT2D eigenvalue weighted by molar-refractivity contribution is -0.136. The smallest absolute Gasteiger partial charge is 0.280 e. The molecule has 4 aromatic heterocycles. The number of methoxy groups -OCH3 is 1. The molecule has 4 aromatic rings. The number of fused-ring (bicyclic) bond motifs is 2. The predicted molar refractivity (Wildman–Crippen MR) is 147 cm³/mol. The molecule has 0 amide bonds. The summed E-state index contributed by atoms with van der Waals surface area (Å²) in [6, 6.07) is 0. The van der Waals surface area contributed by atoms with Crippen molar-refractivity contribution < 1.29 is 36.0 Å². The molecule has 1 aliphatic rings. The van der Waals surface area contributed by atoms with Crippen LogP contribution in [-0.4, -0.2) is 89.5 Å². The number of aromatic nitrogens is 9. The molecular weight excluding hydrogens is 628 g/mol. The van der Waals surface area contributed by atoms with Gasteiger partial charge in [0.25, 0.3) is 11.1 Å². The zero-order valence-electron chi connectivity index (χ0n) is 21.4. The van der Waals surface area contributed by atoms with Gasteiger partial charge < -0.3 is 33.8 Å². The molecule has 9 atom stereocenters. The van der Waals surface area contributed by atoms with Gasteiger partial charge >= 0.3 is 0 Å². The number of aromatic amines is 2. The van der Waals surface area contributed by atoms with E-state index >= 15 is 8.78 Å². The predicted octanol–water partition coefficient (Wildman–Crippen LogP) is 0.101. The summed E-state index contributed by atoms with van der Waals surface area (Å²) in [5.74, 6) is -1.09. The summed E-state index contributed by atoms with van der Waals surface area (Å²) in [4.78, 5) is 40.6. The average molecular weight is 652 g/mol. The molecule has 5 heterocycles. The SMILES string of the molecule is COC(OPOC[C@H]1[C@H](F)[C@H](n2nnc3c(=O)[nH]cnc32)O[C@@H]1COP)[C@H](F)[C@@H](OS)n1cnc2c(=O)[nH]c(N)nc21. The Labute approximate surface area is 242 Å². The molecule has 0 bridgehead atoms. The first-order valence-electron chi connectivity index (χ1n) is 11.9. The van der Waals surface area contributed by atoms with E-state index in [9.17, 15) is 9.59 Å². The summed E-state index contributed by atoms with van der Waals surface area (Å²) in [5, 5.41) is 7.59. The molecule has 0 aliphatic carbocycles. The van der Waals surface area contributed by atoms with Crippen LogP contribution in [0.25, 0.3) is 22.3 Å². The van der Waals surface area contributed by atoms with E-state index in [1.807, 2.05) is 0 Å². The second-order valence-corrected chi connectivity index (χ2v) is 10.0. The minimum absolute atomic E-state index is 0.0192. The van der Waals surface area contributed by atoms with Crippen LogP contribution in [-0.2, 0) is 27.2 Å². The number of anilines is 1. The number of nitrogens with one attached hydrogen (secondary N) is 2. The van der Waals surface area contributed by atoms with Crippen LogP contribution < -0.4 is 16.9 Å². The zero-order valence-corrected chi connectivity index (χ0v) is 24.4. The minimum Gasteiger partial charge on any atom is -0.369 e. The number of alkyl halides is 2. The molecule has 0 radical (unpaired) electrons. The van der Waals surface area contributed by atoms with E-state index in [-0.39, 0.29) is 41.5 Å². The quantitative estimate of drug-likeness (QED) is 0.0495. The fourth-order valence-electron chi connectivity index (χ4n) is 4.35. The van der Waals surface area contributed by atoms with Gasteiger partial charge in [0.05, 0.1) is 32.0 Å². The highest BCUT2D eigenvalue weighted by Gasteiger charge is 2.47. The van der Waals surface area contributed by atoms with E-state index < -0.39 is 63.3 Å². The summed E-state index contributed by atoms with van der Waals surface area (Å²) >= 11 is 3.74. The lowest BCUT2D eigenvalue weighted by Gasteiger charge is -2.26. The van der Waals surface area contributed by atoms with Crippen molar-refractivity contribution in [1.29, 1.82) is 0 Å². The van der Waals surface area contributed by atoms with Crippen LogP contribution in [0.5, 0.6) is 0 Å². The second kappa shape index (κ2) is 13.3. The molecule has 42 heavy (non-hydrogen) atoms. The number of halogens is 2. The van der Waals surface area contributed by atoms with E-state index in [0.717, 1.165) is 21.9 Å². The Bertz CT molecular complexity index is 1640.